The Morgan fingerprint density at radius 2 is 2.05 bits per heavy atom. The highest BCUT2D eigenvalue weighted by Crippen LogP contribution is 2.26. The summed E-state index contributed by atoms with van der Waals surface area (Å²) in [7, 11) is 1.57. The van der Waals surface area contributed by atoms with Crippen LogP contribution in [0.15, 0.2) is 30.3 Å². The number of nitrogens with one attached hydrogen (secondary N) is 1. The number of aromatic carboxylic acids is 1. The van der Waals surface area contributed by atoms with E-state index in [1.165, 1.54) is 6.07 Å². The van der Waals surface area contributed by atoms with Crippen LogP contribution in [0.3, 0.4) is 0 Å². The molecule has 2 rings (SSSR count). The number of aromatic nitrogens is 1. The lowest BCUT2D eigenvalue weighted by Gasteiger charge is -2.24. The second-order valence-electron chi connectivity index (χ2n) is 4.54. The minimum Gasteiger partial charge on any atom is -0.477 e. The third kappa shape index (κ3) is 3.10. The number of carbonyl (C=O) groups excluding carboxylic acids is 1. The number of benzene rings is 1. The zero-order chi connectivity index (χ0) is 15.4. The van der Waals surface area contributed by atoms with Crippen molar-refractivity contribution in [2.75, 3.05) is 25.0 Å². The first-order chi connectivity index (χ1) is 10.1. The number of hydrogen-bond donors (Lipinski definition) is 2. The Hall–Kier alpha value is -2.63. The molecule has 21 heavy (non-hydrogen) atoms. The van der Waals surface area contributed by atoms with Gasteiger partial charge >= 0.3 is 5.97 Å². The third-order valence-electron chi connectivity index (χ3n) is 3.25. The van der Waals surface area contributed by atoms with E-state index in [9.17, 15) is 14.7 Å². The summed E-state index contributed by atoms with van der Waals surface area (Å²) < 4.78 is 0. The molecule has 0 bridgehead atoms. The van der Waals surface area contributed by atoms with Crippen LogP contribution in [0, 0.1) is 0 Å². The number of carboxylic acid groups (broad SMARTS) is 1. The first-order valence-electron chi connectivity index (χ1n) is 6.65. The number of pyridine rings is 1. The quantitative estimate of drug-likeness (QED) is 0.871. The number of anilines is 1. The number of fused-ring (bicyclic) bond motifs is 1. The summed E-state index contributed by atoms with van der Waals surface area (Å²) in [5, 5.41) is 12.6. The van der Waals surface area contributed by atoms with Crippen LogP contribution in [0.2, 0.25) is 0 Å². The van der Waals surface area contributed by atoms with Gasteiger partial charge in [-0.3, -0.25) is 4.79 Å². The molecule has 110 valence electrons. The van der Waals surface area contributed by atoms with E-state index in [4.69, 9.17) is 0 Å². The number of rotatable bonds is 5. The Kier molecular flexibility index (Phi) is 4.37. The Labute approximate surface area is 122 Å². The number of nitrogens with zero attached hydrogens (tertiary/aromatic N) is 2. The molecule has 0 aliphatic rings. The summed E-state index contributed by atoms with van der Waals surface area (Å²) in [6, 6.07) is 8.81. The van der Waals surface area contributed by atoms with Gasteiger partial charge in [0.25, 0.3) is 0 Å². The first-order valence-corrected chi connectivity index (χ1v) is 6.65. The summed E-state index contributed by atoms with van der Waals surface area (Å²) in [5.74, 6) is -1.22. The number of amides is 1. The predicted octanol–water partition coefficient (Wildman–Crippen LogP) is 1.51. The monoisotopic (exact) mass is 287 g/mol. The highest BCUT2D eigenvalue weighted by Gasteiger charge is 2.16. The predicted molar refractivity (Wildman–Crippen MR) is 80.7 cm³/mol. The SMILES string of the molecule is CCN(CC(=O)NC)c1cc(C(=O)O)nc2ccccc12. The van der Waals surface area contributed by atoms with Gasteiger partial charge < -0.3 is 15.3 Å². The van der Waals surface area contributed by atoms with E-state index in [1.54, 1.807) is 19.2 Å². The largest absolute Gasteiger partial charge is 0.477 e. The van der Waals surface area contributed by atoms with Gasteiger partial charge in [-0.15, -0.1) is 0 Å². The number of para-hydroxylation sites is 1. The Bertz CT molecular complexity index is 685. The van der Waals surface area contributed by atoms with E-state index < -0.39 is 5.97 Å². The molecule has 2 aromatic rings. The maximum atomic E-state index is 11.6. The lowest BCUT2D eigenvalue weighted by Crippen LogP contribution is -2.35. The normalized spacial score (nSPS) is 10.4. The molecule has 2 N–H and O–H groups in total. The van der Waals surface area contributed by atoms with Crippen molar-refractivity contribution in [3.63, 3.8) is 0 Å². The molecule has 1 aromatic heterocycles. The van der Waals surface area contributed by atoms with Crippen molar-refractivity contribution >= 4 is 28.5 Å². The van der Waals surface area contributed by atoms with Crippen LogP contribution < -0.4 is 10.2 Å². The van der Waals surface area contributed by atoms with Gasteiger partial charge in [-0.05, 0) is 19.1 Å². The number of likely N-dealkylation sites (N-methyl/N-ethyl adjacent to an activating group) is 2. The molecule has 0 unspecified atom stereocenters. The molecule has 1 heterocycles. The molecular weight excluding hydrogens is 270 g/mol. The smallest absolute Gasteiger partial charge is 0.354 e. The van der Waals surface area contributed by atoms with Crippen molar-refractivity contribution in [1.82, 2.24) is 10.3 Å². The summed E-state index contributed by atoms with van der Waals surface area (Å²) in [4.78, 5) is 28.8. The van der Waals surface area contributed by atoms with Crippen molar-refractivity contribution < 1.29 is 14.7 Å². The number of hydrogen-bond acceptors (Lipinski definition) is 4. The Morgan fingerprint density at radius 1 is 1.33 bits per heavy atom. The van der Waals surface area contributed by atoms with Crippen LogP contribution in [0.25, 0.3) is 10.9 Å². The Balaban J connectivity index is 2.58. The molecule has 6 heteroatoms. The second kappa shape index (κ2) is 6.21. The minimum atomic E-state index is -1.09. The molecule has 0 saturated heterocycles. The number of carboxylic acids is 1. The number of carbonyl (C=O) groups is 2. The molecule has 0 atom stereocenters. The second-order valence-corrected chi connectivity index (χ2v) is 4.54. The minimum absolute atomic E-state index is 0.0287. The highest BCUT2D eigenvalue weighted by molar-refractivity contribution is 5.98. The summed E-state index contributed by atoms with van der Waals surface area (Å²) in [6.07, 6.45) is 0. The van der Waals surface area contributed by atoms with Crippen molar-refractivity contribution in [3.8, 4) is 0 Å². The first kappa shape index (κ1) is 14.8. The van der Waals surface area contributed by atoms with Crippen LogP contribution >= 0.6 is 0 Å². The highest BCUT2D eigenvalue weighted by atomic mass is 16.4. The maximum absolute atomic E-state index is 11.6. The van der Waals surface area contributed by atoms with Crippen LogP contribution in [0.1, 0.15) is 17.4 Å². The molecule has 1 amide bonds. The lowest BCUT2D eigenvalue weighted by atomic mass is 10.1. The summed E-state index contributed by atoms with van der Waals surface area (Å²) in [6.45, 7) is 2.67. The van der Waals surface area contributed by atoms with Crippen LogP contribution in [-0.2, 0) is 4.79 Å². The van der Waals surface area contributed by atoms with Gasteiger partial charge in [-0.2, -0.15) is 0 Å². The fraction of sp³-hybridized carbons (Fsp3) is 0.267. The van der Waals surface area contributed by atoms with Gasteiger partial charge in [-0.1, -0.05) is 18.2 Å². The lowest BCUT2D eigenvalue weighted by molar-refractivity contribution is -0.119. The molecule has 6 nitrogen and oxygen atoms in total. The van der Waals surface area contributed by atoms with Gasteiger partial charge in [0.15, 0.2) is 5.69 Å². The topological polar surface area (TPSA) is 82.5 Å². The molecule has 0 radical (unpaired) electrons. The molecular formula is C15H17N3O3. The Morgan fingerprint density at radius 3 is 2.67 bits per heavy atom. The van der Waals surface area contributed by atoms with Crippen molar-refractivity contribution in [2.24, 2.45) is 0 Å². The molecule has 0 saturated carbocycles. The molecule has 1 aromatic carbocycles. The van der Waals surface area contributed by atoms with Crippen LogP contribution in [0.4, 0.5) is 5.69 Å². The van der Waals surface area contributed by atoms with Crippen molar-refractivity contribution in [2.45, 2.75) is 6.92 Å². The van der Waals surface area contributed by atoms with Crippen LogP contribution in [0.5, 0.6) is 0 Å². The zero-order valence-electron chi connectivity index (χ0n) is 12.0. The average Bonchev–Trinajstić information content (AvgIpc) is 2.51. The van der Waals surface area contributed by atoms with Gasteiger partial charge in [-0.25, -0.2) is 9.78 Å². The molecule has 0 aliphatic carbocycles. The third-order valence-corrected chi connectivity index (χ3v) is 3.25. The van der Waals surface area contributed by atoms with Gasteiger partial charge in [0.1, 0.15) is 0 Å². The van der Waals surface area contributed by atoms with E-state index in [0.717, 1.165) is 5.39 Å². The van der Waals surface area contributed by atoms with E-state index in [0.29, 0.717) is 17.7 Å². The molecule has 0 fully saturated rings. The van der Waals surface area contributed by atoms with Crippen molar-refractivity contribution in [1.29, 1.82) is 0 Å². The van der Waals surface area contributed by atoms with Gasteiger partial charge in [0.2, 0.25) is 5.91 Å². The van der Waals surface area contributed by atoms with Gasteiger partial charge in [0, 0.05) is 24.7 Å². The van der Waals surface area contributed by atoms with Gasteiger partial charge in [0.05, 0.1) is 12.1 Å². The molecule has 0 aliphatic heterocycles. The standard InChI is InChI=1S/C15H17N3O3/c1-3-18(9-14(19)16-2)13-8-12(15(20)21)17-11-7-5-4-6-10(11)13/h4-8H,3,9H2,1-2H3,(H,16,19)(H,20,21). The van der Waals surface area contributed by atoms with E-state index in [1.807, 2.05) is 24.0 Å². The fourth-order valence-corrected chi connectivity index (χ4v) is 2.15. The average molecular weight is 287 g/mol. The molecule has 0 spiro atoms. The van der Waals surface area contributed by atoms with E-state index in [2.05, 4.69) is 10.3 Å². The zero-order valence-corrected chi connectivity index (χ0v) is 12.0. The maximum Gasteiger partial charge on any atom is 0.354 e. The van der Waals surface area contributed by atoms with E-state index >= 15 is 0 Å². The van der Waals surface area contributed by atoms with Crippen LogP contribution in [-0.4, -0.2) is 42.1 Å². The fourth-order valence-electron chi connectivity index (χ4n) is 2.15. The van der Waals surface area contributed by atoms with E-state index in [-0.39, 0.29) is 18.1 Å². The summed E-state index contributed by atoms with van der Waals surface area (Å²) >= 11 is 0. The van der Waals surface area contributed by atoms with Crippen molar-refractivity contribution in [3.05, 3.63) is 36.0 Å². The summed E-state index contributed by atoms with van der Waals surface area (Å²) in [5.41, 5.74) is 1.27.